The predicted octanol–water partition coefficient (Wildman–Crippen LogP) is 21.5. The number of hydrogen-bond acceptors (Lipinski definition) is 4. The maximum atomic E-state index is 6.57. The van der Waals surface area contributed by atoms with E-state index in [1.165, 1.54) is 220 Å². The zero-order chi connectivity index (χ0) is 86.1. The first kappa shape index (κ1) is 73.1. The summed E-state index contributed by atoms with van der Waals surface area (Å²) in [6, 6.07) is 157. The van der Waals surface area contributed by atoms with Gasteiger partial charge in [0.15, 0.2) is 0 Å². The topological polar surface area (TPSA) is 56.6 Å². The number of rotatable bonds is 4. The lowest BCUT2D eigenvalue weighted by Gasteiger charge is -2.34. The first-order valence-corrected chi connectivity index (χ1v) is 45.6. The van der Waals surface area contributed by atoms with Crippen molar-refractivity contribution < 1.29 is 18.9 Å². The predicted molar refractivity (Wildman–Crippen MR) is 550 cm³/mol. The first-order chi connectivity index (χ1) is 65.6. The third kappa shape index (κ3) is 10.4. The molecule has 0 saturated heterocycles. The van der Waals surface area contributed by atoms with Gasteiger partial charge in [-0.25, -0.2) is 0 Å². The number of para-hydroxylation sites is 8. The molecule has 608 valence electrons. The van der Waals surface area contributed by atoms with Gasteiger partial charge in [-0.15, -0.1) is 0 Å². The largest absolute Gasteiger partial charge is 0.458 e. The van der Waals surface area contributed by atoms with E-state index in [2.05, 4.69) is 455 Å². The number of fused-ring (bicyclic) bond motifs is 28. The van der Waals surface area contributed by atoms with Gasteiger partial charge in [-0.05, 0) is 213 Å². The summed E-state index contributed by atoms with van der Waals surface area (Å²) in [7, 11) is 0. The average Bonchev–Trinajstić information content (AvgIpc) is 1.48. The molecule has 8 aliphatic rings. The minimum atomic E-state index is 0.122. The molecule has 0 spiro atoms. The van der Waals surface area contributed by atoms with Crippen LogP contribution in [0.2, 0.25) is 0 Å². The summed E-state index contributed by atoms with van der Waals surface area (Å²) in [5.41, 5.74) is 40.4. The second-order valence-corrected chi connectivity index (χ2v) is 35.7. The highest BCUT2D eigenvalue weighted by molar-refractivity contribution is 7.02. The third-order valence-corrected chi connectivity index (χ3v) is 29.0. The number of benzene rings is 20. The highest BCUT2D eigenvalue weighted by atomic mass is 16.5. The van der Waals surface area contributed by atoms with Crippen molar-refractivity contribution in [3.63, 3.8) is 0 Å². The molecule has 0 amide bonds. The van der Waals surface area contributed by atoms with Crippen molar-refractivity contribution in [1.82, 2.24) is 18.3 Å². The molecule has 8 nitrogen and oxygen atoms in total. The van der Waals surface area contributed by atoms with Gasteiger partial charge in [0.2, 0.25) is 0 Å². The molecule has 12 heterocycles. The van der Waals surface area contributed by atoms with Crippen molar-refractivity contribution in [1.29, 1.82) is 0 Å². The Morgan fingerprint density at radius 1 is 0.152 bits per heavy atom. The molecule has 0 aliphatic carbocycles. The summed E-state index contributed by atoms with van der Waals surface area (Å²) in [6.45, 7) is 0.530. The average molecular weight is 1680 g/mol. The molecule has 0 atom stereocenters. The van der Waals surface area contributed by atoms with Crippen LogP contribution >= 0.6 is 0 Å². The maximum Gasteiger partial charge on any atom is 0.257 e. The SMILES string of the molecule is c1ccc(-c2cc3c4c(c2)c2ccccc2n4-c2cccc4c2B3c2ccccc2O4)cc1.c1ccc(-c2ccc3c(c2)B2c4c(cccc4-n4c5ccccc5c5cccc2c54)O3)cc1.c1ccc(-c2ccc3c4ccccc4n4c3c2B2c3ccccc3Oc3cccc-4c32)cc1.c1ccc(-c2cccc3c2B2c4c(cccc4-n4c5ccccc5c5cccc2c54)O3)cc1. The van der Waals surface area contributed by atoms with Crippen LogP contribution in [0.25, 0.3) is 154 Å². The summed E-state index contributed by atoms with van der Waals surface area (Å²) >= 11 is 0. The summed E-state index contributed by atoms with van der Waals surface area (Å²) < 4.78 is 35.7. The van der Waals surface area contributed by atoms with Gasteiger partial charge in [-0.3, -0.25) is 0 Å². The minimum absolute atomic E-state index is 0.122. The number of hydrogen-bond donors (Lipinski definition) is 0. The molecule has 132 heavy (non-hydrogen) atoms. The van der Waals surface area contributed by atoms with E-state index in [4.69, 9.17) is 18.9 Å². The lowest BCUT2D eigenvalue weighted by atomic mass is 9.33. The van der Waals surface area contributed by atoms with Crippen LogP contribution in [0.5, 0.6) is 46.0 Å². The Kier molecular flexibility index (Phi) is 15.7. The van der Waals surface area contributed by atoms with E-state index >= 15 is 0 Å². The lowest BCUT2D eigenvalue weighted by Crippen LogP contribution is -2.58. The van der Waals surface area contributed by atoms with Gasteiger partial charge in [-0.1, -0.05) is 334 Å². The standard InChI is InChI=1S/4C30H18BNO/c1-2-9-19(10-3-1)20-17-22-21-11-4-6-13-25(21)32-26-14-8-16-28-29(26)31(24(18-20)30(22)32)23-12-5-7-15-27(23)33-28;1-2-9-19(10-3-1)20-17-18-22-21-11-4-6-13-24(21)32-25-14-8-16-27-29(25)31(28(20)30(22)32)23-12-5-7-15-26(23)33-27;1-2-9-19(10-3-1)20-12-7-17-26-28(20)31-23-14-6-13-22-21-11-4-5-15-24(21)32(30(22)23)25-16-8-18-27(33-26)29(25)31;1-2-8-19(9-3-1)20-16-17-27-24(18-20)31-23-12-6-11-22-21-10-4-5-13-25(21)32(30(22)23)26-14-7-15-28(33-27)29(26)31/h4*1-18H. The van der Waals surface area contributed by atoms with E-state index in [1.807, 2.05) is 0 Å². The molecule has 0 radical (unpaired) electrons. The van der Waals surface area contributed by atoms with Gasteiger partial charge in [-0.2, -0.15) is 0 Å². The summed E-state index contributed by atoms with van der Waals surface area (Å²) in [6.07, 6.45) is 0. The second-order valence-electron chi connectivity index (χ2n) is 35.7. The summed E-state index contributed by atoms with van der Waals surface area (Å²) in [5.74, 6) is 7.63. The molecule has 0 unspecified atom stereocenters. The molecule has 20 aromatic carbocycles. The Bertz CT molecular complexity index is 9070. The smallest absolute Gasteiger partial charge is 0.257 e. The Balaban J connectivity index is 0.0000000862. The van der Waals surface area contributed by atoms with Gasteiger partial charge in [0.05, 0.1) is 22.1 Å². The molecule has 8 aliphatic heterocycles. The molecule has 0 saturated carbocycles. The molecule has 24 aromatic rings. The Morgan fingerprint density at radius 2 is 0.462 bits per heavy atom. The lowest BCUT2D eigenvalue weighted by molar-refractivity contribution is 0.487. The number of nitrogens with zero attached hydrogens (tertiary/aromatic N) is 4. The Morgan fingerprint density at radius 3 is 0.962 bits per heavy atom. The summed E-state index contributed by atoms with van der Waals surface area (Å²) in [4.78, 5) is 0. The number of ether oxygens (including phenoxy) is 4. The van der Waals surface area contributed by atoms with E-state index in [-0.39, 0.29) is 26.9 Å². The second kappa shape index (κ2) is 28.3. The van der Waals surface area contributed by atoms with E-state index in [0.717, 1.165) is 46.0 Å². The van der Waals surface area contributed by atoms with Crippen LogP contribution in [-0.4, -0.2) is 45.1 Å². The van der Waals surface area contributed by atoms with Gasteiger partial charge in [0.25, 0.3) is 26.9 Å². The zero-order valence-electron chi connectivity index (χ0n) is 71.3. The van der Waals surface area contributed by atoms with Crippen LogP contribution in [0.3, 0.4) is 0 Å². The van der Waals surface area contributed by atoms with Crippen molar-refractivity contribution in [2.24, 2.45) is 0 Å². The monoisotopic (exact) mass is 1680 g/mol. The van der Waals surface area contributed by atoms with Crippen molar-refractivity contribution >= 4 is 180 Å². The molecule has 4 aromatic heterocycles. The molecule has 0 fully saturated rings. The van der Waals surface area contributed by atoms with Crippen molar-refractivity contribution in [2.75, 3.05) is 0 Å². The van der Waals surface area contributed by atoms with Crippen LogP contribution in [0.1, 0.15) is 0 Å². The van der Waals surface area contributed by atoms with E-state index in [0.29, 0.717) is 0 Å². The maximum absolute atomic E-state index is 6.57. The van der Waals surface area contributed by atoms with Crippen LogP contribution in [-0.2, 0) is 0 Å². The fourth-order valence-electron chi connectivity index (χ4n) is 23.8. The van der Waals surface area contributed by atoms with Crippen molar-refractivity contribution in [3.05, 3.63) is 437 Å². The molecule has 12 heteroatoms. The van der Waals surface area contributed by atoms with Gasteiger partial charge >= 0.3 is 0 Å². The molecular formula is C120H72B4N4O4. The fourth-order valence-corrected chi connectivity index (χ4v) is 23.8. The Hall–Kier alpha value is -16.9. The van der Waals surface area contributed by atoms with E-state index in [9.17, 15) is 0 Å². The third-order valence-electron chi connectivity index (χ3n) is 29.0. The van der Waals surface area contributed by atoms with E-state index in [1.54, 1.807) is 0 Å². The molecule has 0 N–H and O–H groups in total. The highest BCUT2D eigenvalue weighted by Crippen LogP contribution is 2.46. The van der Waals surface area contributed by atoms with Crippen LogP contribution in [0, 0.1) is 0 Å². The zero-order valence-corrected chi connectivity index (χ0v) is 71.3. The normalized spacial score (nSPS) is 13.0. The molecule has 32 rings (SSSR count). The quantitative estimate of drug-likeness (QED) is 0.165. The fraction of sp³-hybridized carbons (Fsp3) is 0. The van der Waals surface area contributed by atoms with Crippen molar-refractivity contribution in [2.45, 2.75) is 0 Å². The highest BCUT2D eigenvalue weighted by Gasteiger charge is 2.47. The van der Waals surface area contributed by atoms with Crippen LogP contribution in [0.15, 0.2) is 437 Å². The van der Waals surface area contributed by atoms with Crippen LogP contribution in [0.4, 0.5) is 0 Å². The van der Waals surface area contributed by atoms with Crippen molar-refractivity contribution in [3.8, 4) is 113 Å². The van der Waals surface area contributed by atoms with Gasteiger partial charge in [0.1, 0.15) is 46.0 Å². The first-order valence-electron chi connectivity index (χ1n) is 45.6. The van der Waals surface area contributed by atoms with E-state index < -0.39 is 0 Å². The Labute approximate surface area is 761 Å². The summed E-state index contributed by atoms with van der Waals surface area (Å²) in [5, 5.41) is 10.4. The molecular weight excluding hydrogens is 1600 g/mol. The van der Waals surface area contributed by atoms with Gasteiger partial charge in [0, 0.05) is 87.9 Å². The minimum Gasteiger partial charge on any atom is -0.458 e. The number of aromatic nitrogens is 4. The van der Waals surface area contributed by atoms with Gasteiger partial charge < -0.3 is 37.2 Å². The van der Waals surface area contributed by atoms with Crippen LogP contribution < -0.4 is 84.5 Å². The molecule has 0 bridgehead atoms.